The summed E-state index contributed by atoms with van der Waals surface area (Å²) in [6.07, 6.45) is 0.206. The maximum atomic E-state index is 12.9. The van der Waals surface area contributed by atoms with Crippen molar-refractivity contribution in [3.8, 4) is 0 Å². The molecule has 3 unspecified atom stereocenters. The summed E-state index contributed by atoms with van der Waals surface area (Å²) in [5, 5.41) is 0. The highest BCUT2D eigenvalue weighted by atomic mass is 16.5. The number of aromatic amines is 1. The first-order valence-corrected chi connectivity index (χ1v) is 7.97. The Labute approximate surface area is 137 Å². The van der Waals surface area contributed by atoms with Gasteiger partial charge in [0.25, 0.3) is 0 Å². The van der Waals surface area contributed by atoms with Crippen molar-refractivity contribution in [2.75, 3.05) is 20.2 Å². The molecule has 6 nitrogen and oxygen atoms in total. The minimum Gasteiger partial charge on any atom is -0.465 e. The number of ether oxygens (including phenoxy) is 2. The Kier molecular flexibility index (Phi) is 5.26. The van der Waals surface area contributed by atoms with Crippen molar-refractivity contribution >= 4 is 11.8 Å². The van der Waals surface area contributed by atoms with Crippen LogP contribution in [-0.2, 0) is 9.47 Å². The molecular formula is C17H26N2O4. The number of carbonyl (C=O) groups excluding carboxylic acids is 2. The Bertz CT molecular complexity index is 598. The fraction of sp³-hybridized carbons (Fsp3) is 0.647. The van der Waals surface area contributed by atoms with E-state index in [9.17, 15) is 9.59 Å². The van der Waals surface area contributed by atoms with Crippen LogP contribution in [0.4, 0.5) is 0 Å². The van der Waals surface area contributed by atoms with Gasteiger partial charge in [-0.2, -0.15) is 0 Å². The second-order valence-corrected chi connectivity index (χ2v) is 6.37. The molecule has 0 spiro atoms. The van der Waals surface area contributed by atoms with Gasteiger partial charge in [-0.15, -0.1) is 0 Å². The van der Waals surface area contributed by atoms with Crippen molar-refractivity contribution in [1.29, 1.82) is 0 Å². The monoisotopic (exact) mass is 322 g/mol. The van der Waals surface area contributed by atoms with E-state index in [1.54, 1.807) is 13.8 Å². The van der Waals surface area contributed by atoms with Gasteiger partial charge in [0.2, 0.25) is 0 Å². The second-order valence-electron chi connectivity index (χ2n) is 6.37. The van der Waals surface area contributed by atoms with Crippen LogP contribution in [0.2, 0.25) is 0 Å². The predicted molar refractivity (Wildman–Crippen MR) is 87.0 cm³/mol. The van der Waals surface area contributed by atoms with E-state index in [-0.39, 0.29) is 24.0 Å². The van der Waals surface area contributed by atoms with Gasteiger partial charge in [-0.1, -0.05) is 0 Å². The third-order valence-corrected chi connectivity index (χ3v) is 4.45. The van der Waals surface area contributed by atoms with E-state index in [0.29, 0.717) is 22.5 Å². The summed E-state index contributed by atoms with van der Waals surface area (Å²) in [6, 6.07) is -0.272. The first-order chi connectivity index (χ1) is 10.8. The number of nitrogens with one attached hydrogen (secondary N) is 1. The van der Waals surface area contributed by atoms with Crippen LogP contribution in [0.25, 0.3) is 0 Å². The zero-order valence-corrected chi connectivity index (χ0v) is 14.7. The molecule has 1 saturated heterocycles. The lowest BCUT2D eigenvalue weighted by Gasteiger charge is -2.38. The van der Waals surface area contributed by atoms with Crippen molar-refractivity contribution in [1.82, 2.24) is 9.88 Å². The van der Waals surface area contributed by atoms with Gasteiger partial charge >= 0.3 is 5.97 Å². The van der Waals surface area contributed by atoms with Crippen LogP contribution in [0.5, 0.6) is 0 Å². The summed E-state index contributed by atoms with van der Waals surface area (Å²) >= 11 is 0. The molecule has 0 radical (unpaired) electrons. The summed E-state index contributed by atoms with van der Waals surface area (Å²) in [6.45, 7) is 10.9. The predicted octanol–water partition coefficient (Wildman–Crippen LogP) is 2.10. The lowest BCUT2D eigenvalue weighted by atomic mass is 10.0. The van der Waals surface area contributed by atoms with Crippen LogP contribution in [-0.4, -0.2) is 60.1 Å². The molecule has 1 aromatic rings. The highest BCUT2D eigenvalue weighted by Gasteiger charge is 2.32. The van der Waals surface area contributed by atoms with Gasteiger partial charge in [0.15, 0.2) is 5.78 Å². The number of hydrogen-bond acceptors (Lipinski definition) is 5. The number of morpholine rings is 1. The van der Waals surface area contributed by atoms with Gasteiger partial charge in [-0.05, 0) is 40.2 Å². The molecule has 1 aromatic heterocycles. The topological polar surface area (TPSA) is 71.6 Å². The van der Waals surface area contributed by atoms with Gasteiger partial charge in [0, 0.05) is 18.8 Å². The molecule has 6 heteroatoms. The molecule has 0 aliphatic carbocycles. The molecule has 23 heavy (non-hydrogen) atoms. The number of rotatable bonds is 4. The third kappa shape index (κ3) is 3.48. The van der Waals surface area contributed by atoms with Crippen LogP contribution in [0.15, 0.2) is 0 Å². The van der Waals surface area contributed by atoms with Crippen molar-refractivity contribution in [2.45, 2.75) is 52.9 Å². The van der Waals surface area contributed by atoms with Crippen molar-refractivity contribution < 1.29 is 19.1 Å². The number of esters is 1. The number of H-pyrrole nitrogens is 1. The molecule has 3 atom stereocenters. The minimum atomic E-state index is -0.420. The van der Waals surface area contributed by atoms with E-state index in [1.807, 2.05) is 20.8 Å². The second kappa shape index (κ2) is 6.84. The molecular weight excluding hydrogens is 296 g/mol. The van der Waals surface area contributed by atoms with E-state index in [0.717, 1.165) is 13.1 Å². The van der Waals surface area contributed by atoms with Gasteiger partial charge in [-0.3, -0.25) is 9.69 Å². The maximum absolute atomic E-state index is 12.9. The Morgan fingerprint density at radius 1 is 1.26 bits per heavy atom. The SMILES string of the molecule is COC(=O)c1c(C)[nH]c(C(=O)C(C)N2CC(C)OC(C)C2)c1C. The quantitative estimate of drug-likeness (QED) is 0.679. The average Bonchev–Trinajstić information content (AvgIpc) is 2.79. The van der Waals surface area contributed by atoms with Crippen LogP contribution in [0.1, 0.15) is 52.9 Å². The molecule has 1 aliphatic heterocycles. The molecule has 2 heterocycles. The Balaban J connectivity index is 2.25. The lowest BCUT2D eigenvalue weighted by molar-refractivity contribution is -0.0744. The maximum Gasteiger partial charge on any atom is 0.339 e. The summed E-state index contributed by atoms with van der Waals surface area (Å²) in [7, 11) is 1.34. The number of nitrogens with zero attached hydrogens (tertiary/aromatic N) is 1. The number of aryl methyl sites for hydroxylation is 1. The van der Waals surface area contributed by atoms with E-state index in [4.69, 9.17) is 9.47 Å². The third-order valence-electron chi connectivity index (χ3n) is 4.45. The lowest BCUT2D eigenvalue weighted by Crippen LogP contribution is -2.51. The smallest absolute Gasteiger partial charge is 0.339 e. The Morgan fingerprint density at radius 3 is 2.35 bits per heavy atom. The largest absolute Gasteiger partial charge is 0.465 e. The molecule has 1 aliphatic rings. The summed E-state index contributed by atoms with van der Waals surface area (Å²) in [5.74, 6) is -0.432. The van der Waals surface area contributed by atoms with E-state index in [1.165, 1.54) is 7.11 Å². The fourth-order valence-corrected chi connectivity index (χ4v) is 3.31. The molecule has 2 rings (SSSR count). The first kappa shape index (κ1) is 17.7. The first-order valence-electron chi connectivity index (χ1n) is 7.97. The molecule has 1 fully saturated rings. The number of carbonyl (C=O) groups is 2. The Morgan fingerprint density at radius 2 is 1.83 bits per heavy atom. The van der Waals surface area contributed by atoms with Gasteiger partial charge < -0.3 is 14.5 Å². The zero-order valence-electron chi connectivity index (χ0n) is 14.7. The van der Waals surface area contributed by atoms with Crippen molar-refractivity contribution in [3.05, 3.63) is 22.5 Å². The van der Waals surface area contributed by atoms with Crippen molar-refractivity contribution in [2.24, 2.45) is 0 Å². The van der Waals surface area contributed by atoms with E-state index in [2.05, 4.69) is 9.88 Å². The summed E-state index contributed by atoms with van der Waals surface area (Å²) in [5.41, 5.74) is 2.25. The number of methoxy groups -OCH3 is 1. The number of aromatic nitrogens is 1. The van der Waals surface area contributed by atoms with Crippen LogP contribution in [0, 0.1) is 13.8 Å². The van der Waals surface area contributed by atoms with Crippen LogP contribution in [0.3, 0.4) is 0 Å². The average molecular weight is 322 g/mol. The Hall–Kier alpha value is -1.66. The highest BCUT2D eigenvalue weighted by molar-refractivity contribution is 6.03. The highest BCUT2D eigenvalue weighted by Crippen LogP contribution is 2.22. The van der Waals surface area contributed by atoms with E-state index >= 15 is 0 Å². The molecule has 0 aromatic carbocycles. The number of Topliss-reactive ketones (excluding diaryl/α,β-unsaturated/α-hetero) is 1. The van der Waals surface area contributed by atoms with Gasteiger partial charge in [-0.25, -0.2) is 4.79 Å². The minimum absolute atomic E-state index is 0.0120. The molecule has 128 valence electrons. The zero-order chi connectivity index (χ0) is 17.3. The molecule has 0 bridgehead atoms. The van der Waals surface area contributed by atoms with E-state index < -0.39 is 5.97 Å². The van der Waals surface area contributed by atoms with Crippen LogP contribution < -0.4 is 0 Å². The standard InChI is InChI=1S/C17H26N2O4/c1-9-7-19(8-10(2)23-9)13(5)16(20)15-11(3)14(12(4)18-15)17(21)22-6/h9-10,13,18H,7-8H2,1-6H3. The molecule has 1 N–H and O–H groups in total. The fourth-order valence-electron chi connectivity index (χ4n) is 3.31. The van der Waals surface area contributed by atoms with Crippen LogP contribution >= 0.6 is 0 Å². The van der Waals surface area contributed by atoms with Crippen molar-refractivity contribution in [3.63, 3.8) is 0 Å². The number of ketones is 1. The molecule has 0 saturated carbocycles. The van der Waals surface area contributed by atoms with Gasteiger partial charge in [0.05, 0.1) is 36.6 Å². The summed E-state index contributed by atoms with van der Waals surface area (Å²) < 4.78 is 10.5. The summed E-state index contributed by atoms with van der Waals surface area (Å²) in [4.78, 5) is 30.0. The number of hydrogen-bond donors (Lipinski definition) is 1. The normalized spacial score (nSPS) is 23.6. The van der Waals surface area contributed by atoms with Gasteiger partial charge in [0.1, 0.15) is 0 Å². The molecule has 0 amide bonds.